The minimum Gasteiger partial charge on any atom is -0.478 e. The Kier molecular flexibility index (Phi) is 4.21. The van der Waals surface area contributed by atoms with Crippen LogP contribution in [0.2, 0.25) is 0 Å². The van der Waals surface area contributed by atoms with Crippen LogP contribution in [0.25, 0.3) is 0 Å². The van der Waals surface area contributed by atoms with Crippen LogP contribution in [-0.2, 0) is 4.79 Å². The molecule has 0 radical (unpaired) electrons. The fourth-order valence-corrected chi connectivity index (χ4v) is 3.30. The van der Waals surface area contributed by atoms with Gasteiger partial charge in [0.1, 0.15) is 0 Å². The van der Waals surface area contributed by atoms with E-state index >= 15 is 0 Å². The van der Waals surface area contributed by atoms with Gasteiger partial charge in [-0.15, -0.1) is 0 Å². The lowest BCUT2D eigenvalue weighted by atomic mass is 9.78. The normalized spacial score (nSPS) is 31.0. The maximum atomic E-state index is 10.8. The van der Waals surface area contributed by atoms with Crippen molar-refractivity contribution in [2.24, 2.45) is 5.92 Å². The maximum absolute atomic E-state index is 10.8. The molecule has 1 heterocycles. The third kappa shape index (κ3) is 3.09. The number of nitrogens with zero attached hydrogens (tertiary/aromatic N) is 1. The average molecular weight is 237 g/mol. The molecule has 2 unspecified atom stereocenters. The first kappa shape index (κ1) is 12.6. The molecule has 3 heteroatoms. The Hall–Kier alpha value is -0.830. The minimum atomic E-state index is -0.790. The SMILES string of the molecule is CC(=CCN1CCCC2CCCCC21)C(=O)O. The summed E-state index contributed by atoms with van der Waals surface area (Å²) in [5.41, 5.74) is 0.475. The first-order chi connectivity index (χ1) is 8.18. The number of hydrogen-bond acceptors (Lipinski definition) is 2. The molecule has 1 saturated heterocycles. The van der Waals surface area contributed by atoms with Crippen LogP contribution in [0.15, 0.2) is 11.6 Å². The Morgan fingerprint density at radius 2 is 2.00 bits per heavy atom. The van der Waals surface area contributed by atoms with E-state index in [1.54, 1.807) is 6.92 Å². The van der Waals surface area contributed by atoms with Crippen molar-refractivity contribution in [2.45, 2.75) is 51.5 Å². The molecule has 96 valence electrons. The van der Waals surface area contributed by atoms with Crippen LogP contribution < -0.4 is 0 Å². The van der Waals surface area contributed by atoms with E-state index < -0.39 is 5.97 Å². The van der Waals surface area contributed by atoms with Gasteiger partial charge in [-0.1, -0.05) is 18.9 Å². The number of rotatable bonds is 3. The summed E-state index contributed by atoms with van der Waals surface area (Å²) in [5, 5.41) is 8.86. The van der Waals surface area contributed by atoms with E-state index in [1.165, 1.54) is 38.5 Å². The van der Waals surface area contributed by atoms with Crippen LogP contribution in [-0.4, -0.2) is 35.1 Å². The minimum absolute atomic E-state index is 0.475. The lowest BCUT2D eigenvalue weighted by Gasteiger charge is -2.43. The second-order valence-electron chi connectivity index (χ2n) is 5.44. The smallest absolute Gasteiger partial charge is 0.330 e. The van der Waals surface area contributed by atoms with Gasteiger partial charge in [-0.2, -0.15) is 0 Å². The van der Waals surface area contributed by atoms with Gasteiger partial charge in [-0.25, -0.2) is 4.79 Å². The predicted molar refractivity (Wildman–Crippen MR) is 67.9 cm³/mol. The Balaban J connectivity index is 1.95. The summed E-state index contributed by atoms with van der Waals surface area (Å²) in [6.07, 6.45) is 9.95. The molecule has 2 fully saturated rings. The van der Waals surface area contributed by atoms with Gasteiger partial charge < -0.3 is 5.11 Å². The number of aliphatic carboxylic acids is 1. The second-order valence-corrected chi connectivity index (χ2v) is 5.44. The molecule has 1 N–H and O–H groups in total. The quantitative estimate of drug-likeness (QED) is 0.767. The van der Waals surface area contributed by atoms with Crippen LogP contribution >= 0.6 is 0 Å². The van der Waals surface area contributed by atoms with Crippen molar-refractivity contribution in [2.75, 3.05) is 13.1 Å². The standard InChI is InChI=1S/C14H23NO2/c1-11(14(16)17)8-10-15-9-4-6-12-5-2-3-7-13(12)15/h8,12-13H,2-7,9-10H2,1H3,(H,16,17). The number of hydrogen-bond donors (Lipinski definition) is 1. The third-order valence-corrected chi connectivity index (χ3v) is 4.33. The molecule has 3 nitrogen and oxygen atoms in total. The molecule has 17 heavy (non-hydrogen) atoms. The number of carboxylic acids is 1. The highest BCUT2D eigenvalue weighted by molar-refractivity contribution is 5.85. The molecule has 0 spiro atoms. The lowest BCUT2D eigenvalue weighted by molar-refractivity contribution is -0.132. The molecule has 1 aliphatic carbocycles. The van der Waals surface area contributed by atoms with Gasteiger partial charge in [-0.05, 0) is 45.1 Å². The summed E-state index contributed by atoms with van der Waals surface area (Å²) in [6, 6.07) is 0.718. The zero-order valence-corrected chi connectivity index (χ0v) is 10.7. The number of carbonyl (C=O) groups is 1. The van der Waals surface area contributed by atoms with Crippen molar-refractivity contribution in [3.63, 3.8) is 0 Å². The topological polar surface area (TPSA) is 40.5 Å². The van der Waals surface area contributed by atoms with E-state index in [1.807, 2.05) is 6.08 Å². The molecule has 1 aliphatic heterocycles. The average Bonchev–Trinajstić information content (AvgIpc) is 2.35. The molecule has 0 aromatic heterocycles. The third-order valence-electron chi connectivity index (χ3n) is 4.33. The summed E-state index contributed by atoms with van der Waals surface area (Å²) >= 11 is 0. The van der Waals surface area contributed by atoms with Crippen molar-refractivity contribution in [3.05, 3.63) is 11.6 Å². The van der Waals surface area contributed by atoms with Gasteiger partial charge in [0, 0.05) is 18.2 Å². The van der Waals surface area contributed by atoms with Gasteiger partial charge in [0.15, 0.2) is 0 Å². The monoisotopic (exact) mass is 237 g/mol. The maximum Gasteiger partial charge on any atom is 0.330 e. The van der Waals surface area contributed by atoms with Crippen molar-refractivity contribution in [1.82, 2.24) is 4.90 Å². The highest BCUT2D eigenvalue weighted by Crippen LogP contribution is 2.35. The fraction of sp³-hybridized carbons (Fsp3) is 0.786. The second kappa shape index (κ2) is 5.67. The zero-order chi connectivity index (χ0) is 12.3. The summed E-state index contributed by atoms with van der Waals surface area (Å²) in [4.78, 5) is 13.3. The summed E-state index contributed by atoms with van der Waals surface area (Å²) in [6.45, 7) is 3.65. The fourth-order valence-electron chi connectivity index (χ4n) is 3.30. The Bertz CT molecular complexity index is 309. The van der Waals surface area contributed by atoms with Crippen LogP contribution in [0.4, 0.5) is 0 Å². The lowest BCUT2D eigenvalue weighted by Crippen LogP contribution is -2.46. The van der Waals surface area contributed by atoms with Crippen LogP contribution in [0, 0.1) is 5.92 Å². The van der Waals surface area contributed by atoms with Gasteiger partial charge in [0.2, 0.25) is 0 Å². The molecule has 2 aliphatic rings. The molecule has 0 amide bonds. The van der Waals surface area contributed by atoms with E-state index in [9.17, 15) is 4.79 Å². The molecular formula is C14H23NO2. The Morgan fingerprint density at radius 3 is 2.76 bits per heavy atom. The summed E-state index contributed by atoms with van der Waals surface area (Å²) < 4.78 is 0. The highest BCUT2D eigenvalue weighted by Gasteiger charge is 2.32. The molecule has 1 saturated carbocycles. The largest absolute Gasteiger partial charge is 0.478 e. The van der Waals surface area contributed by atoms with Gasteiger partial charge in [0.25, 0.3) is 0 Å². The van der Waals surface area contributed by atoms with E-state index in [4.69, 9.17) is 5.11 Å². The summed E-state index contributed by atoms with van der Waals surface area (Å²) in [7, 11) is 0. The first-order valence-electron chi connectivity index (χ1n) is 6.82. The van der Waals surface area contributed by atoms with Crippen molar-refractivity contribution >= 4 is 5.97 Å². The Labute approximate surface area is 103 Å². The number of piperidine rings is 1. The highest BCUT2D eigenvalue weighted by atomic mass is 16.4. The molecule has 0 aromatic carbocycles. The zero-order valence-electron chi connectivity index (χ0n) is 10.7. The van der Waals surface area contributed by atoms with E-state index in [0.717, 1.165) is 25.0 Å². The number of carboxylic acid groups (broad SMARTS) is 1. The van der Waals surface area contributed by atoms with Gasteiger partial charge >= 0.3 is 5.97 Å². The molecule has 0 bridgehead atoms. The van der Waals surface area contributed by atoms with E-state index in [2.05, 4.69) is 4.90 Å². The summed E-state index contributed by atoms with van der Waals surface area (Å²) in [5.74, 6) is 0.0817. The molecule has 2 atom stereocenters. The van der Waals surface area contributed by atoms with E-state index in [0.29, 0.717) is 5.57 Å². The number of likely N-dealkylation sites (tertiary alicyclic amines) is 1. The molecule has 0 aromatic rings. The van der Waals surface area contributed by atoms with E-state index in [-0.39, 0.29) is 0 Å². The van der Waals surface area contributed by atoms with Gasteiger partial charge in [0.05, 0.1) is 0 Å². The number of fused-ring (bicyclic) bond motifs is 1. The first-order valence-corrected chi connectivity index (χ1v) is 6.82. The van der Waals surface area contributed by atoms with Crippen molar-refractivity contribution in [3.8, 4) is 0 Å². The van der Waals surface area contributed by atoms with Crippen molar-refractivity contribution < 1.29 is 9.90 Å². The van der Waals surface area contributed by atoms with Gasteiger partial charge in [-0.3, -0.25) is 4.90 Å². The van der Waals surface area contributed by atoms with Crippen LogP contribution in [0.5, 0.6) is 0 Å². The van der Waals surface area contributed by atoms with Crippen molar-refractivity contribution in [1.29, 1.82) is 0 Å². The van der Waals surface area contributed by atoms with Crippen LogP contribution in [0.1, 0.15) is 45.4 Å². The van der Waals surface area contributed by atoms with Crippen LogP contribution in [0.3, 0.4) is 0 Å². The molecular weight excluding hydrogens is 214 g/mol. The Morgan fingerprint density at radius 1 is 1.29 bits per heavy atom. The molecule has 2 rings (SSSR count). The predicted octanol–water partition coefficient (Wildman–Crippen LogP) is 2.67.